The zero-order chi connectivity index (χ0) is 23.9. The molecule has 0 unspecified atom stereocenters. The first kappa shape index (κ1) is 23.3. The Hall–Kier alpha value is -2.50. The van der Waals surface area contributed by atoms with Crippen molar-refractivity contribution < 1.29 is 13.3 Å². The van der Waals surface area contributed by atoms with Crippen molar-refractivity contribution in [2.75, 3.05) is 48.4 Å². The number of hydrogen-bond acceptors (Lipinski definition) is 5. The third-order valence-electron chi connectivity index (χ3n) is 6.65. The molecule has 1 aromatic heterocycles. The smallest absolute Gasteiger partial charge is 0.151 e. The van der Waals surface area contributed by atoms with E-state index in [1.54, 1.807) is 6.20 Å². The molecule has 0 atom stereocenters. The summed E-state index contributed by atoms with van der Waals surface area (Å²) in [6.45, 7) is 4.22. The van der Waals surface area contributed by atoms with Gasteiger partial charge in [-0.15, -0.1) is 0 Å². The Labute approximate surface area is 203 Å². The number of hydrogen-bond donors (Lipinski definition) is 0. The molecule has 9 heteroatoms. The molecule has 1 saturated heterocycles. The van der Waals surface area contributed by atoms with Crippen molar-refractivity contribution in [1.29, 1.82) is 0 Å². The summed E-state index contributed by atoms with van der Waals surface area (Å²) in [5.74, 6) is -0.489. The number of aromatic nitrogens is 2. The monoisotopic (exact) mass is 502 g/mol. The van der Waals surface area contributed by atoms with Gasteiger partial charge in [-0.1, -0.05) is 23.7 Å². The molecule has 3 heterocycles. The van der Waals surface area contributed by atoms with Gasteiger partial charge >= 0.3 is 0 Å². The molecule has 5 nitrogen and oxygen atoms in total. The summed E-state index contributed by atoms with van der Waals surface area (Å²) in [4.78, 5) is 13.7. The lowest BCUT2D eigenvalue weighted by molar-refractivity contribution is 0.572. The van der Waals surface area contributed by atoms with Crippen molar-refractivity contribution in [3.63, 3.8) is 0 Å². The van der Waals surface area contributed by atoms with Gasteiger partial charge in [0.1, 0.15) is 11.6 Å². The quantitative estimate of drug-likeness (QED) is 0.331. The first-order valence-corrected chi connectivity index (χ1v) is 14.4. The number of rotatable bonds is 4. The zero-order valence-electron chi connectivity index (χ0n) is 19.0. The number of anilines is 2. The van der Waals surface area contributed by atoms with Crippen LogP contribution in [0, 0.1) is 11.6 Å². The van der Waals surface area contributed by atoms with Crippen LogP contribution in [0.5, 0.6) is 0 Å². The van der Waals surface area contributed by atoms with Crippen LogP contribution in [0.2, 0.25) is 5.02 Å². The van der Waals surface area contributed by atoms with Crippen LogP contribution in [0.25, 0.3) is 11.3 Å². The summed E-state index contributed by atoms with van der Waals surface area (Å²) in [6, 6.07) is 10.3. The highest BCUT2D eigenvalue weighted by molar-refractivity contribution is 7.63. The molecule has 0 bridgehead atoms. The maximum Gasteiger partial charge on any atom is 0.151 e. The average Bonchev–Trinajstić information content (AvgIpc) is 2.84. The van der Waals surface area contributed by atoms with Crippen LogP contribution >= 0.6 is 18.7 Å². The lowest BCUT2D eigenvalue weighted by atomic mass is 10.1. The number of fused-ring (bicyclic) bond motifs is 1. The van der Waals surface area contributed by atoms with E-state index in [1.807, 2.05) is 23.7 Å². The molecule has 3 aromatic rings. The predicted molar refractivity (Wildman–Crippen MR) is 134 cm³/mol. The van der Waals surface area contributed by atoms with Crippen molar-refractivity contribution in [1.82, 2.24) is 9.97 Å². The summed E-state index contributed by atoms with van der Waals surface area (Å²) in [5.41, 5.74) is 3.69. The molecular weight excluding hydrogens is 477 g/mol. The van der Waals surface area contributed by atoms with E-state index in [4.69, 9.17) is 16.6 Å². The molecule has 34 heavy (non-hydrogen) atoms. The molecule has 0 radical (unpaired) electrons. The molecular formula is C25H26ClF2N4OP. The molecule has 2 aromatic carbocycles. The summed E-state index contributed by atoms with van der Waals surface area (Å²) in [6.07, 6.45) is 4.85. The van der Waals surface area contributed by atoms with Gasteiger partial charge in [0.2, 0.25) is 0 Å². The maximum absolute atomic E-state index is 14.4. The molecule has 0 spiro atoms. The Kier molecular flexibility index (Phi) is 6.34. The van der Waals surface area contributed by atoms with Gasteiger partial charge in [-0.05, 0) is 43.8 Å². The van der Waals surface area contributed by atoms with Crippen molar-refractivity contribution in [3.05, 3.63) is 70.5 Å². The first-order chi connectivity index (χ1) is 16.3. The molecule has 5 rings (SSSR count). The minimum absolute atomic E-state index is 0.123. The summed E-state index contributed by atoms with van der Waals surface area (Å²) < 4.78 is 40.8. The van der Waals surface area contributed by atoms with Crippen molar-refractivity contribution in [3.8, 4) is 11.3 Å². The lowest BCUT2D eigenvalue weighted by Gasteiger charge is -2.32. The van der Waals surface area contributed by atoms with E-state index in [0.29, 0.717) is 12.4 Å². The second kappa shape index (κ2) is 9.27. The van der Waals surface area contributed by atoms with E-state index in [0.717, 1.165) is 73.0 Å². The van der Waals surface area contributed by atoms with Crippen LogP contribution < -0.4 is 9.80 Å². The molecule has 0 N–H and O–H groups in total. The first-order valence-electron chi connectivity index (χ1n) is 11.4. The molecule has 0 saturated carbocycles. The van der Waals surface area contributed by atoms with Gasteiger partial charge in [-0.2, -0.15) is 0 Å². The average molecular weight is 503 g/mol. The van der Waals surface area contributed by atoms with Gasteiger partial charge in [0, 0.05) is 55.3 Å². The Morgan fingerprint density at radius 1 is 1.09 bits per heavy atom. The maximum atomic E-state index is 14.4. The number of nitrogens with zero attached hydrogens (tertiary/aromatic N) is 4. The van der Waals surface area contributed by atoms with E-state index < -0.39 is 18.8 Å². The van der Waals surface area contributed by atoms with Gasteiger partial charge in [0.25, 0.3) is 0 Å². The largest absolute Gasteiger partial charge is 0.371 e. The number of benzene rings is 2. The SMILES string of the molecule is CP1(=O)CCN(c2cccc(-c3cnc4c(n3)N(Cc3c(F)ccc(F)c3Cl)CCC4)c2)CC1. The fraction of sp³-hybridized carbons (Fsp3) is 0.360. The third-order valence-corrected chi connectivity index (χ3v) is 9.35. The van der Waals surface area contributed by atoms with Gasteiger partial charge in [0.05, 0.1) is 29.7 Å². The van der Waals surface area contributed by atoms with Gasteiger partial charge in [0.15, 0.2) is 5.82 Å². The minimum Gasteiger partial charge on any atom is -0.371 e. The topological polar surface area (TPSA) is 49.3 Å². The minimum atomic E-state index is -2.00. The zero-order valence-corrected chi connectivity index (χ0v) is 20.6. The second-order valence-corrected chi connectivity index (χ2v) is 13.0. The molecule has 178 valence electrons. The normalized spacial score (nSPS) is 17.5. The fourth-order valence-corrected chi connectivity index (χ4v) is 6.35. The summed E-state index contributed by atoms with van der Waals surface area (Å²) in [7, 11) is -2.00. The standard InChI is InChI=1S/C25H26ClF2N4OP/c1-34(33)12-10-31(11-13-34)18-5-2-4-17(14-18)23-15-29-22-6-3-9-32(25(22)30-23)16-19-20(27)7-8-21(28)24(19)26/h2,4-5,7-8,14-15H,3,6,9-13,16H2,1H3. The van der Waals surface area contributed by atoms with Crippen LogP contribution in [0.1, 0.15) is 17.7 Å². The predicted octanol–water partition coefficient (Wildman–Crippen LogP) is 5.84. The molecule has 0 aliphatic carbocycles. The Bertz CT molecular complexity index is 1280. The summed E-state index contributed by atoms with van der Waals surface area (Å²) in [5, 5.41) is -0.193. The van der Waals surface area contributed by atoms with Gasteiger partial charge in [-0.3, -0.25) is 4.98 Å². The molecule has 0 amide bonds. The molecule has 2 aliphatic heterocycles. The molecule has 1 fully saturated rings. The summed E-state index contributed by atoms with van der Waals surface area (Å²) >= 11 is 6.08. The van der Waals surface area contributed by atoms with E-state index in [9.17, 15) is 13.3 Å². The fourth-order valence-electron chi connectivity index (χ4n) is 4.58. The van der Waals surface area contributed by atoms with Crippen LogP contribution in [-0.4, -0.2) is 48.6 Å². The van der Waals surface area contributed by atoms with Crippen molar-refractivity contribution >= 4 is 30.2 Å². The second-order valence-electron chi connectivity index (χ2n) is 9.15. The van der Waals surface area contributed by atoms with Crippen molar-refractivity contribution in [2.24, 2.45) is 0 Å². The van der Waals surface area contributed by atoms with E-state index in [2.05, 4.69) is 22.0 Å². The van der Waals surface area contributed by atoms with Gasteiger partial charge < -0.3 is 14.4 Å². The van der Waals surface area contributed by atoms with Crippen LogP contribution in [0.3, 0.4) is 0 Å². The highest BCUT2D eigenvalue weighted by atomic mass is 35.5. The van der Waals surface area contributed by atoms with E-state index >= 15 is 0 Å². The van der Waals surface area contributed by atoms with Crippen LogP contribution in [0.15, 0.2) is 42.6 Å². The highest BCUT2D eigenvalue weighted by Gasteiger charge is 2.25. The van der Waals surface area contributed by atoms with Crippen molar-refractivity contribution in [2.45, 2.75) is 19.4 Å². The Morgan fingerprint density at radius 2 is 1.85 bits per heavy atom. The molecule has 2 aliphatic rings. The van der Waals surface area contributed by atoms with E-state index in [-0.39, 0.29) is 17.1 Å². The van der Waals surface area contributed by atoms with Crippen LogP contribution in [-0.2, 0) is 17.5 Å². The Balaban J connectivity index is 1.44. The number of aryl methyl sites for hydroxylation is 1. The van der Waals surface area contributed by atoms with Crippen LogP contribution in [0.4, 0.5) is 20.3 Å². The highest BCUT2D eigenvalue weighted by Crippen LogP contribution is 2.44. The lowest BCUT2D eigenvalue weighted by Crippen LogP contribution is -2.34. The van der Waals surface area contributed by atoms with Gasteiger partial charge in [-0.25, -0.2) is 13.8 Å². The third kappa shape index (κ3) is 4.69. The number of halogens is 3. The van der Waals surface area contributed by atoms with E-state index in [1.165, 1.54) is 0 Å². The Morgan fingerprint density at radius 3 is 2.65 bits per heavy atom.